The summed E-state index contributed by atoms with van der Waals surface area (Å²) in [5, 5.41) is 3.03. The summed E-state index contributed by atoms with van der Waals surface area (Å²) < 4.78 is 14.2. The van der Waals surface area contributed by atoms with Crippen molar-refractivity contribution in [2.75, 3.05) is 23.3 Å². The summed E-state index contributed by atoms with van der Waals surface area (Å²) in [5.74, 6) is -0.302. The first-order valence-electron chi connectivity index (χ1n) is 10.4. The predicted octanol–water partition coefficient (Wildman–Crippen LogP) is 5.44. The van der Waals surface area contributed by atoms with Crippen molar-refractivity contribution in [3.05, 3.63) is 58.9 Å². The van der Waals surface area contributed by atoms with Gasteiger partial charge in [-0.2, -0.15) is 0 Å². The molecule has 1 heterocycles. The zero-order valence-electron chi connectivity index (χ0n) is 16.7. The van der Waals surface area contributed by atoms with E-state index in [1.165, 1.54) is 6.07 Å². The second-order valence-electron chi connectivity index (χ2n) is 7.94. The number of hydrogen-bond donors (Lipinski definition) is 1. The molecule has 2 aliphatic rings. The molecule has 0 aromatic heterocycles. The molecule has 1 saturated heterocycles. The first-order valence-corrected chi connectivity index (χ1v) is 10.8. The number of urea groups is 1. The number of rotatable bonds is 5. The molecule has 1 N–H and O–H groups in total. The van der Waals surface area contributed by atoms with E-state index in [9.17, 15) is 14.0 Å². The minimum Gasteiger partial charge on any atom is -0.326 e. The number of nitrogens with one attached hydrogen (secondary N) is 1. The Morgan fingerprint density at radius 2 is 1.80 bits per heavy atom. The van der Waals surface area contributed by atoms with E-state index in [4.69, 9.17) is 11.6 Å². The van der Waals surface area contributed by atoms with Gasteiger partial charge in [-0.05, 0) is 49.6 Å². The molecule has 1 aliphatic heterocycles. The van der Waals surface area contributed by atoms with E-state index in [2.05, 4.69) is 5.32 Å². The molecule has 7 heteroatoms. The van der Waals surface area contributed by atoms with Crippen LogP contribution in [0.4, 0.5) is 20.6 Å². The first-order chi connectivity index (χ1) is 14.5. The monoisotopic (exact) mass is 429 g/mol. The average molecular weight is 430 g/mol. The van der Waals surface area contributed by atoms with Crippen LogP contribution in [-0.4, -0.2) is 29.9 Å². The van der Waals surface area contributed by atoms with Crippen molar-refractivity contribution in [3.8, 4) is 0 Å². The Morgan fingerprint density at radius 1 is 1.07 bits per heavy atom. The van der Waals surface area contributed by atoms with Crippen molar-refractivity contribution in [3.63, 3.8) is 0 Å². The largest absolute Gasteiger partial charge is 0.326 e. The third-order valence-corrected chi connectivity index (χ3v) is 6.17. The van der Waals surface area contributed by atoms with Crippen LogP contribution in [0, 0.1) is 11.7 Å². The van der Waals surface area contributed by atoms with Gasteiger partial charge in [-0.25, -0.2) is 9.18 Å². The molecule has 158 valence electrons. The number of halogens is 2. The van der Waals surface area contributed by atoms with Gasteiger partial charge in [-0.1, -0.05) is 36.6 Å². The lowest BCUT2D eigenvalue weighted by Crippen LogP contribution is -2.49. The van der Waals surface area contributed by atoms with Gasteiger partial charge < -0.3 is 10.2 Å². The maximum atomic E-state index is 14.2. The molecule has 0 radical (unpaired) electrons. The van der Waals surface area contributed by atoms with Gasteiger partial charge in [0, 0.05) is 35.9 Å². The topological polar surface area (TPSA) is 52.7 Å². The summed E-state index contributed by atoms with van der Waals surface area (Å²) in [4.78, 5) is 28.6. The first kappa shape index (κ1) is 20.7. The fourth-order valence-electron chi connectivity index (χ4n) is 4.20. The highest BCUT2D eigenvalue weighted by Crippen LogP contribution is 2.28. The van der Waals surface area contributed by atoms with Crippen LogP contribution in [0.3, 0.4) is 0 Å². The summed E-state index contributed by atoms with van der Waals surface area (Å²) in [6.45, 7) is 1.34. The molecule has 4 rings (SSSR count). The van der Waals surface area contributed by atoms with Gasteiger partial charge >= 0.3 is 6.03 Å². The molecule has 2 aromatic rings. The lowest BCUT2D eigenvalue weighted by atomic mass is 10.1. The molecular formula is C23H25ClFN3O2. The highest BCUT2D eigenvalue weighted by Gasteiger charge is 2.28. The number of anilines is 2. The summed E-state index contributed by atoms with van der Waals surface area (Å²) in [6.07, 6.45) is 4.92. The van der Waals surface area contributed by atoms with Gasteiger partial charge in [0.25, 0.3) is 0 Å². The smallest absolute Gasteiger partial charge is 0.324 e. The molecule has 30 heavy (non-hydrogen) atoms. The van der Waals surface area contributed by atoms with E-state index < -0.39 is 5.82 Å². The molecule has 2 aromatic carbocycles. The van der Waals surface area contributed by atoms with E-state index in [1.54, 1.807) is 21.9 Å². The van der Waals surface area contributed by atoms with Crippen molar-refractivity contribution in [1.29, 1.82) is 0 Å². The van der Waals surface area contributed by atoms with E-state index in [0.29, 0.717) is 18.7 Å². The van der Waals surface area contributed by atoms with Gasteiger partial charge in [0.15, 0.2) is 0 Å². The highest BCUT2D eigenvalue weighted by atomic mass is 35.5. The molecule has 5 nitrogen and oxygen atoms in total. The number of hydrogen-bond acceptors (Lipinski definition) is 2. The number of amides is 3. The van der Waals surface area contributed by atoms with Crippen LogP contribution >= 0.6 is 11.6 Å². The Hall–Kier alpha value is -2.60. The van der Waals surface area contributed by atoms with Crippen LogP contribution in [-0.2, 0) is 11.3 Å². The normalized spacial score (nSPS) is 17.5. The Balaban J connectivity index is 1.42. The lowest BCUT2D eigenvalue weighted by molar-refractivity contribution is -0.119. The van der Waals surface area contributed by atoms with Crippen molar-refractivity contribution >= 4 is 34.9 Å². The Bertz CT molecular complexity index is 929. The van der Waals surface area contributed by atoms with E-state index in [-0.39, 0.29) is 29.4 Å². The van der Waals surface area contributed by atoms with Crippen LogP contribution < -0.4 is 10.2 Å². The Morgan fingerprint density at radius 3 is 2.53 bits per heavy atom. The van der Waals surface area contributed by atoms with Crippen molar-refractivity contribution in [2.45, 2.75) is 38.6 Å². The maximum Gasteiger partial charge on any atom is 0.324 e. The highest BCUT2D eigenvalue weighted by molar-refractivity contribution is 6.30. The molecular weight excluding hydrogens is 405 g/mol. The zero-order chi connectivity index (χ0) is 21.1. The summed E-state index contributed by atoms with van der Waals surface area (Å²) >= 11 is 5.87. The van der Waals surface area contributed by atoms with Crippen LogP contribution in [0.2, 0.25) is 5.02 Å². The summed E-state index contributed by atoms with van der Waals surface area (Å²) in [5.41, 5.74) is 1.90. The number of carbonyl (C=O) groups excluding carboxylic acids is 2. The lowest BCUT2D eigenvalue weighted by Gasteiger charge is -2.35. The SMILES string of the molecule is O=C(Nc1ccc(N2CCCN(Cc3cccc(Cl)c3F)C2=O)cc1)C1CCCC1. The number of carbonyl (C=O) groups is 2. The Kier molecular flexibility index (Phi) is 6.23. The Labute approximate surface area is 180 Å². The van der Waals surface area contributed by atoms with Crippen LogP contribution in [0.1, 0.15) is 37.7 Å². The minimum atomic E-state index is -0.480. The van der Waals surface area contributed by atoms with Crippen molar-refractivity contribution < 1.29 is 14.0 Å². The minimum absolute atomic E-state index is 0.0593. The molecule has 0 unspecified atom stereocenters. The number of nitrogens with zero attached hydrogens (tertiary/aromatic N) is 2. The fraction of sp³-hybridized carbons (Fsp3) is 0.391. The molecule has 3 amide bonds. The van der Waals surface area contributed by atoms with Crippen molar-refractivity contribution in [2.24, 2.45) is 5.92 Å². The fourth-order valence-corrected chi connectivity index (χ4v) is 4.40. The van der Waals surface area contributed by atoms with Gasteiger partial charge in [0.05, 0.1) is 11.6 Å². The van der Waals surface area contributed by atoms with E-state index in [0.717, 1.165) is 43.5 Å². The standard InChI is InChI=1S/C23H25ClFN3O2/c24-20-8-3-7-17(21(20)25)15-27-13-4-14-28(23(27)30)19-11-9-18(10-12-19)26-22(29)16-5-1-2-6-16/h3,7-12,16H,1-2,4-6,13-15H2,(H,26,29). The molecule has 0 bridgehead atoms. The van der Waals surface area contributed by atoms with Crippen molar-refractivity contribution in [1.82, 2.24) is 4.90 Å². The molecule has 1 aliphatic carbocycles. The average Bonchev–Trinajstić information content (AvgIpc) is 3.29. The molecule has 0 atom stereocenters. The third-order valence-electron chi connectivity index (χ3n) is 5.88. The maximum absolute atomic E-state index is 14.2. The van der Waals surface area contributed by atoms with Gasteiger partial charge in [-0.3, -0.25) is 9.69 Å². The quantitative estimate of drug-likeness (QED) is 0.688. The second kappa shape index (κ2) is 9.04. The van der Waals surface area contributed by atoms with Crippen LogP contribution in [0.15, 0.2) is 42.5 Å². The zero-order valence-corrected chi connectivity index (χ0v) is 17.5. The summed E-state index contributed by atoms with van der Waals surface area (Å²) in [7, 11) is 0. The molecule has 0 spiro atoms. The van der Waals surface area contributed by atoms with E-state index >= 15 is 0 Å². The third kappa shape index (κ3) is 4.43. The summed E-state index contributed by atoms with van der Waals surface area (Å²) in [6, 6.07) is 12.0. The second-order valence-corrected chi connectivity index (χ2v) is 8.35. The molecule has 1 saturated carbocycles. The van der Waals surface area contributed by atoms with Gasteiger partial charge in [-0.15, -0.1) is 0 Å². The van der Waals surface area contributed by atoms with E-state index in [1.807, 2.05) is 24.3 Å². The molecule has 2 fully saturated rings. The van der Waals surface area contributed by atoms with Gasteiger partial charge in [0.1, 0.15) is 5.82 Å². The number of benzene rings is 2. The van der Waals surface area contributed by atoms with Crippen LogP contribution in [0.5, 0.6) is 0 Å². The predicted molar refractivity (Wildman–Crippen MR) is 116 cm³/mol. The van der Waals surface area contributed by atoms with Crippen LogP contribution in [0.25, 0.3) is 0 Å². The van der Waals surface area contributed by atoms with Gasteiger partial charge in [0.2, 0.25) is 5.91 Å².